The molecule has 1 aliphatic rings. The average molecular weight is 325 g/mol. The summed E-state index contributed by atoms with van der Waals surface area (Å²) in [5.74, 6) is 3.20. The molecule has 2 atom stereocenters. The van der Waals surface area contributed by atoms with E-state index in [9.17, 15) is 0 Å². The number of imidazole rings is 1. The highest BCUT2D eigenvalue weighted by Crippen LogP contribution is 2.33. The van der Waals surface area contributed by atoms with Gasteiger partial charge in [-0.15, -0.1) is 11.6 Å². The summed E-state index contributed by atoms with van der Waals surface area (Å²) in [5, 5.41) is 0.735. The molecule has 21 heavy (non-hydrogen) atoms. The van der Waals surface area contributed by atoms with E-state index in [1.807, 2.05) is 12.1 Å². The molecule has 3 rings (SSSR count). The molecule has 0 radical (unpaired) electrons. The van der Waals surface area contributed by atoms with Crippen molar-refractivity contribution < 1.29 is 0 Å². The quantitative estimate of drug-likeness (QED) is 0.698. The molecule has 1 aromatic carbocycles. The van der Waals surface area contributed by atoms with Crippen molar-refractivity contribution in [3.8, 4) is 0 Å². The van der Waals surface area contributed by atoms with Crippen molar-refractivity contribution in [2.24, 2.45) is 11.8 Å². The molecule has 4 heteroatoms. The molecule has 2 nitrogen and oxygen atoms in total. The number of alkyl halides is 1. The molecule has 0 amide bonds. The lowest BCUT2D eigenvalue weighted by atomic mass is 9.80. The number of benzene rings is 1. The third-order valence-corrected chi connectivity index (χ3v) is 5.33. The summed E-state index contributed by atoms with van der Waals surface area (Å²) in [4.78, 5) is 4.74. The molecule has 0 aliphatic heterocycles. The summed E-state index contributed by atoms with van der Waals surface area (Å²) < 4.78 is 2.36. The SMILES string of the molecule is CC1CCCCC1Cn1c(CCCl)nc2c(Cl)cccc21. The zero-order valence-electron chi connectivity index (χ0n) is 12.5. The van der Waals surface area contributed by atoms with Crippen molar-refractivity contribution in [1.82, 2.24) is 9.55 Å². The van der Waals surface area contributed by atoms with Gasteiger partial charge in [0.25, 0.3) is 0 Å². The molecule has 1 aromatic heterocycles. The minimum Gasteiger partial charge on any atom is -0.328 e. The molecular formula is C17H22Cl2N2. The maximum Gasteiger partial charge on any atom is 0.111 e. The number of hydrogen-bond donors (Lipinski definition) is 0. The van der Waals surface area contributed by atoms with Crippen LogP contribution in [-0.2, 0) is 13.0 Å². The van der Waals surface area contributed by atoms with Gasteiger partial charge < -0.3 is 4.57 Å². The van der Waals surface area contributed by atoms with E-state index in [0.717, 1.165) is 46.7 Å². The van der Waals surface area contributed by atoms with E-state index in [1.165, 1.54) is 25.7 Å². The van der Waals surface area contributed by atoms with E-state index < -0.39 is 0 Å². The van der Waals surface area contributed by atoms with E-state index in [-0.39, 0.29) is 0 Å². The third-order valence-electron chi connectivity index (χ3n) is 4.83. The topological polar surface area (TPSA) is 17.8 Å². The molecule has 1 fully saturated rings. The fourth-order valence-corrected chi connectivity index (χ4v) is 3.92. The Bertz CT molecular complexity index is 621. The number of para-hydroxylation sites is 1. The van der Waals surface area contributed by atoms with Gasteiger partial charge in [0.05, 0.1) is 10.5 Å². The van der Waals surface area contributed by atoms with Crippen molar-refractivity contribution in [1.29, 1.82) is 0 Å². The number of halogens is 2. The number of fused-ring (bicyclic) bond motifs is 1. The number of aromatic nitrogens is 2. The first-order chi connectivity index (χ1) is 10.2. The van der Waals surface area contributed by atoms with Crippen molar-refractivity contribution in [2.75, 3.05) is 5.88 Å². The smallest absolute Gasteiger partial charge is 0.111 e. The second-order valence-corrected chi connectivity index (χ2v) is 6.99. The van der Waals surface area contributed by atoms with Crippen LogP contribution in [0.5, 0.6) is 0 Å². The van der Waals surface area contributed by atoms with Gasteiger partial charge in [0, 0.05) is 18.8 Å². The minimum atomic E-state index is 0.598. The monoisotopic (exact) mass is 324 g/mol. The largest absolute Gasteiger partial charge is 0.328 e. The van der Waals surface area contributed by atoms with Gasteiger partial charge in [0.2, 0.25) is 0 Å². The number of hydrogen-bond acceptors (Lipinski definition) is 1. The maximum absolute atomic E-state index is 6.31. The van der Waals surface area contributed by atoms with Crippen LogP contribution >= 0.6 is 23.2 Å². The van der Waals surface area contributed by atoms with E-state index in [1.54, 1.807) is 0 Å². The van der Waals surface area contributed by atoms with Crippen molar-refractivity contribution in [3.63, 3.8) is 0 Å². The zero-order valence-corrected chi connectivity index (χ0v) is 14.0. The maximum atomic E-state index is 6.31. The summed E-state index contributed by atoms with van der Waals surface area (Å²) in [7, 11) is 0. The number of aryl methyl sites for hydroxylation is 1. The van der Waals surface area contributed by atoms with Crippen LogP contribution in [0.15, 0.2) is 18.2 Å². The van der Waals surface area contributed by atoms with E-state index in [4.69, 9.17) is 28.2 Å². The summed E-state index contributed by atoms with van der Waals surface area (Å²) >= 11 is 12.3. The van der Waals surface area contributed by atoms with Crippen LogP contribution in [0.4, 0.5) is 0 Å². The molecule has 0 spiro atoms. The zero-order chi connectivity index (χ0) is 14.8. The van der Waals surface area contributed by atoms with Crippen molar-refractivity contribution in [2.45, 2.75) is 45.6 Å². The molecule has 0 bridgehead atoms. The van der Waals surface area contributed by atoms with Crippen LogP contribution in [0.25, 0.3) is 11.0 Å². The summed E-state index contributed by atoms with van der Waals surface area (Å²) in [5.41, 5.74) is 2.07. The highest BCUT2D eigenvalue weighted by molar-refractivity contribution is 6.34. The lowest BCUT2D eigenvalue weighted by Gasteiger charge is -2.29. The third kappa shape index (κ3) is 3.07. The van der Waals surface area contributed by atoms with Crippen LogP contribution in [0.3, 0.4) is 0 Å². The molecule has 114 valence electrons. The lowest BCUT2D eigenvalue weighted by Crippen LogP contribution is -2.23. The van der Waals surface area contributed by atoms with Gasteiger partial charge in [-0.3, -0.25) is 0 Å². The Balaban J connectivity index is 1.98. The summed E-state index contributed by atoms with van der Waals surface area (Å²) in [6.45, 7) is 3.43. The van der Waals surface area contributed by atoms with Gasteiger partial charge in [0.1, 0.15) is 11.3 Å². The minimum absolute atomic E-state index is 0.598. The Kier molecular flexibility index (Phi) is 4.75. The standard InChI is InChI=1S/C17H22Cl2N2/c1-12-5-2-3-6-13(12)11-21-15-8-4-7-14(19)17(15)20-16(21)9-10-18/h4,7-8,12-13H,2-3,5-6,9-11H2,1H3. The Hall–Kier alpha value is -0.730. The Morgan fingerprint density at radius 1 is 1.29 bits per heavy atom. The van der Waals surface area contributed by atoms with Crippen LogP contribution in [0.1, 0.15) is 38.4 Å². The number of rotatable bonds is 4. The van der Waals surface area contributed by atoms with Crippen LogP contribution in [0, 0.1) is 11.8 Å². The summed E-state index contributed by atoms with van der Waals surface area (Å²) in [6.07, 6.45) is 6.20. The van der Waals surface area contributed by atoms with Gasteiger partial charge in [-0.1, -0.05) is 43.9 Å². The first kappa shape index (κ1) is 15.2. The van der Waals surface area contributed by atoms with Gasteiger partial charge in [-0.25, -0.2) is 4.98 Å². The predicted octanol–water partition coefficient (Wildman–Crippen LogP) is 5.30. The fourth-order valence-electron chi connectivity index (χ4n) is 3.54. The molecule has 2 aromatic rings. The van der Waals surface area contributed by atoms with Crippen LogP contribution < -0.4 is 0 Å². The summed E-state index contributed by atoms with van der Waals surface area (Å²) in [6, 6.07) is 6.05. The Morgan fingerprint density at radius 2 is 2.10 bits per heavy atom. The molecule has 0 N–H and O–H groups in total. The first-order valence-corrected chi connectivity index (χ1v) is 8.81. The molecular weight excluding hydrogens is 303 g/mol. The van der Waals surface area contributed by atoms with Crippen molar-refractivity contribution >= 4 is 34.2 Å². The highest BCUT2D eigenvalue weighted by atomic mass is 35.5. The van der Waals surface area contributed by atoms with Crippen molar-refractivity contribution in [3.05, 3.63) is 29.0 Å². The van der Waals surface area contributed by atoms with Crippen LogP contribution in [-0.4, -0.2) is 15.4 Å². The van der Waals surface area contributed by atoms with E-state index in [2.05, 4.69) is 17.6 Å². The van der Waals surface area contributed by atoms with Gasteiger partial charge in [0.15, 0.2) is 0 Å². The Labute approximate surface area is 136 Å². The number of nitrogens with zero attached hydrogens (tertiary/aromatic N) is 2. The molecule has 1 heterocycles. The molecule has 2 unspecified atom stereocenters. The lowest BCUT2D eigenvalue weighted by molar-refractivity contribution is 0.229. The first-order valence-electron chi connectivity index (χ1n) is 7.90. The predicted molar refractivity (Wildman–Crippen MR) is 90.3 cm³/mol. The van der Waals surface area contributed by atoms with E-state index >= 15 is 0 Å². The Morgan fingerprint density at radius 3 is 2.86 bits per heavy atom. The second kappa shape index (κ2) is 6.58. The van der Waals surface area contributed by atoms with Crippen LogP contribution in [0.2, 0.25) is 5.02 Å². The van der Waals surface area contributed by atoms with Gasteiger partial charge in [-0.2, -0.15) is 0 Å². The molecule has 0 saturated heterocycles. The van der Waals surface area contributed by atoms with Gasteiger partial charge >= 0.3 is 0 Å². The average Bonchev–Trinajstić information content (AvgIpc) is 2.82. The fraction of sp³-hybridized carbons (Fsp3) is 0.588. The molecule has 1 aliphatic carbocycles. The van der Waals surface area contributed by atoms with Gasteiger partial charge in [-0.05, 0) is 30.4 Å². The second-order valence-electron chi connectivity index (χ2n) is 6.21. The van der Waals surface area contributed by atoms with E-state index in [0.29, 0.717) is 5.88 Å². The highest BCUT2D eigenvalue weighted by Gasteiger charge is 2.23. The normalized spacial score (nSPS) is 22.8. The molecule has 1 saturated carbocycles.